The number of aryl methyl sites for hydroxylation is 12. The Morgan fingerprint density at radius 2 is 0.506 bits per heavy atom. The minimum Gasteiger partial charge on any atom is -0.309 e. The molecule has 2 aliphatic rings. The highest BCUT2D eigenvalue weighted by Gasteiger charge is 2.56. The molecule has 412 valence electrons. The second-order valence-corrected chi connectivity index (χ2v) is 27.4. The van der Waals surface area contributed by atoms with Crippen molar-refractivity contribution in [3.05, 3.63) is 247 Å². The SMILES string of the molecule is Cc1cc(C)c(-c2ccc3c(c2)c2cc(-c4c(C)cc(C)cc4C)ccc2n3-c2ccc3c(c2)C(C)(C)CC32CC(C)(C)c3cc(-n4c5ccc(-c6c(C)cc(C)cc6C)cc5c5cc(-c6c(C)cc(C)cc6C)ccc54)ccc32)c(C)c1. The average molecular weight is 1080 g/mol. The third-order valence-corrected chi connectivity index (χ3v) is 19.9. The first-order chi connectivity index (χ1) is 39.5. The smallest absolute Gasteiger partial charge is 0.0541 e. The summed E-state index contributed by atoms with van der Waals surface area (Å²) in [5, 5.41) is 5.15. The number of hydrogen-bond acceptors (Lipinski definition) is 0. The van der Waals surface area contributed by atoms with Gasteiger partial charge >= 0.3 is 0 Å². The van der Waals surface area contributed by atoms with Crippen molar-refractivity contribution in [3.8, 4) is 55.9 Å². The standard InChI is InChI=1S/C81H78N2/c1-45-29-49(5)75(50(6)30-45)57-17-25-71-63(37-57)64-38-58(76-51(7)31-46(2)32-52(76)8)18-26-72(64)82(71)61-21-23-67-69(41-61)79(13,14)43-81(67)44-80(15,16)70-42-62(22-24-68(70)81)83-73-27-19-59(77-53(9)33-47(3)34-54(77)10)39-65(73)66-40-60(20-28-74(66)83)78-55(11)35-48(4)36-56(78)12/h17-42H,43-44H2,1-16H3. The van der Waals surface area contributed by atoms with Crippen molar-refractivity contribution in [1.29, 1.82) is 0 Å². The molecule has 2 nitrogen and oxygen atoms in total. The van der Waals surface area contributed by atoms with Crippen molar-refractivity contribution in [3.63, 3.8) is 0 Å². The van der Waals surface area contributed by atoms with Crippen LogP contribution in [0.15, 0.2) is 158 Å². The fraction of sp³-hybridized carbons (Fsp3) is 0.259. The van der Waals surface area contributed by atoms with E-state index >= 15 is 0 Å². The highest BCUT2D eigenvalue weighted by molar-refractivity contribution is 6.13. The van der Waals surface area contributed by atoms with Crippen molar-refractivity contribution >= 4 is 43.6 Å². The molecule has 83 heavy (non-hydrogen) atoms. The van der Waals surface area contributed by atoms with Gasteiger partial charge in [-0.3, -0.25) is 0 Å². The largest absolute Gasteiger partial charge is 0.309 e. The number of aromatic nitrogens is 2. The topological polar surface area (TPSA) is 9.86 Å². The minimum atomic E-state index is -0.120. The Morgan fingerprint density at radius 1 is 0.265 bits per heavy atom. The molecule has 0 atom stereocenters. The first-order valence-electron chi connectivity index (χ1n) is 30.3. The molecule has 2 aromatic heterocycles. The molecule has 14 rings (SSSR count). The molecule has 0 aliphatic heterocycles. The summed E-state index contributed by atoms with van der Waals surface area (Å²) in [7, 11) is 0. The lowest BCUT2D eigenvalue weighted by Gasteiger charge is -2.30. The van der Waals surface area contributed by atoms with Gasteiger partial charge in [-0.2, -0.15) is 0 Å². The summed E-state index contributed by atoms with van der Waals surface area (Å²) in [5.41, 5.74) is 39.3. The molecule has 1 spiro atoms. The molecule has 0 bridgehead atoms. The summed E-state index contributed by atoms with van der Waals surface area (Å²) in [6.07, 6.45) is 2.13. The summed E-state index contributed by atoms with van der Waals surface area (Å²) in [5.74, 6) is 0. The van der Waals surface area contributed by atoms with Crippen LogP contribution in [0.4, 0.5) is 0 Å². The van der Waals surface area contributed by atoms with Crippen LogP contribution in [0.25, 0.3) is 99.5 Å². The maximum atomic E-state index is 2.58. The first kappa shape index (κ1) is 52.8. The zero-order valence-electron chi connectivity index (χ0n) is 51.8. The van der Waals surface area contributed by atoms with Crippen molar-refractivity contribution in [2.75, 3.05) is 0 Å². The molecule has 0 radical (unpaired) electrons. The van der Waals surface area contributed by atoms with Crippen LogP contribution in [0.5, 0.6) is 0 Å². The Labute approximate surface area is 492 Å². The molecule has 0 saturated heterocycles. The second-order valence-electron chi connectivity index (χ2n) is 27.4. The van der Waals surface area contributed by atoms with E-state index in [0.717, 1.165) is 12.8 Å². The van der Waals surface area contributed by atoms with E-state index in [-0.39, 0.29) is 16.2 Å². The Kier molecular flexibility index (Phi) is 11.7. The van der Waals surface area contributed by atoms with Gasteiger partial charge in [0.25, 0.3) is 0 Å². The van der Waals surface area contributed by atoms with Gasteiger partial charge in [0, 0.05) is 38.3 Å². The molecule has 0 saturated carbocycles. The third-order valence-electron chi connectivity index (χ3n) is 19.9. The number of rotatable bonds is 6. The summed E-state index contributed by atoms with van der Waals surface area (Å²) >= 11 is 0. The number of nitrogens with zero attached hydrogens (tertiary/aromatic N) is 2. The number of hydrogen-bond donors (Lipinski definition) is 0. The summed E-state index contributed by atoms with van der Waals surface area (Å²) < 4.78 is 5.12. The molecule has 0 unspecified atom stereocenters. The van der Waals surface area contributed by atoms with Crippen LogP contribution in [-0.4, -0.2) is 9.13 Å². The Balaban J connectivity index is 0.921. The van der Waals surface area contributed by atoms with Gasteiger partial charge in [0.2, 0.25) is 0 Å². The van der Waals surface area contributed by atoms with Crippen molar-refractivity contribution in [2.24, 2.45) is 0 Å². The predicted octanol–water partition coefficient (Wildman–Crippen LogP) is 21.9. The monoisotopic (exact) mass is 1080 g/mol. The molecular weight excluding hydrogens is 1000 g/mol. The highest BCUT2D eigenvalue weighted by Crippen LogP contribution is 2.63. The molecule has 10 aromatic carbocycles. The van der Waals surface area contributed by atoms with Gasteiger partial charge in [0.15, 0.2) is 0 Å². The van der Waals surface area contributed by atoms with Gasteiger partial charge in [-0.25, -0.2) is 0 Å². The van der Waals surface area contributed by atoms with E-state index in [4.69, 9.17) is 0 Å². The minimum absolute atomic E-state index is 0.0631. The normalized spacial score (nSPS) is 14.9. The molecule has 0 fully saturated rings. The highest BCUT2D eigenvalue weighted by atomic mass is 15.0. The van der Waals surface area contributed by atoms with Gasteiger partial charge in [0.1, 0.15) is 0 Å². The lowest BCUT2D eigenvalue weighted by molar-refractivity contribution is 0.349. The fourth-order valence-corrected chi connectivity index (χ4v) is 17.4. The van der Waals surface area contributed by atoms with Crippen LogP contribution in [0.2, 0.25) is 0 Å². The first-order valence-corrected chi connectivity index (χ1v) is 30.3. The third kappa shape index (κ3) is 8.02. The zero-order valence-corrected chi connectivity index (χ0v) is 51.8. The van der Waals surface area contributed by atoms with Crippen LogP contribution >= 0.6 is 0 Å². The molecule has 2 heterocycles. The van der Waals surface area contributed by atoms with E-state index in [0.29, 0.717) is 0 Å². The van der Waals surface area contributed by atoms with Gasteiger partial charge in [0.05, 0.1) is 22.1 Å². The predicted molar refractivity (Wildman–Crippen MR) is 356 cm³/mol. The van der Waals surface area contributed by atoms with Gasteiger partial charge < -0.3 is 9.13 Å². The zero-order chi connectivity index (χ0) is 58.1. The van der Waals surface area contributed by atoms with E-state index in [1.54, 1.807) is 0 Å². The van der Waals surface area contributed by atoms with E-state index in [1.165, 1.54) is 189 Å². The quantitative estimate of drug-likeness (QED) is 0.157. The van der Waals surface area contributed by atoms with Crippen molar-refractivity contribution in [1.82, 2.24) is 9.13 Å². The second kappa shape index (κ2) is 18.4. The van der Waals surface area contributed by atoms with Crippen LogP contribution in [-0.2, 0) is 16.2 Å². The Bertz CT molecular complexity index is 4180. The van der Waals surface area contributed by atoms with Crippen molar-refractivity contribution in [2.45, 2.75) is 140 Å². The van der Waals surface area contributed by atoms with Crippen LogP contribution < -0.4 is 0 Å². The van der Waals surface area contributed by atoms with Gasteiger partial charge in [-0.15, -0.1) is 0 Å². The fourth-order valence-electron chi connectivity index (χ4n) is 17.4. The molecule has 12 aromatic rings. The average Bonchev–Trinajstić information content (AvgIpc) is 1.59. The summed E-state index contributed by atoms with van der Waals surface area (Å²) in [4.78, 5) is 0. The molecule has 0 amide bonds. The molecule has 0 N–H and O–H groups in total. The molecule has 2 heteroatoms. The van der Waals surface area contributed by atoms with Gasteiger partial charge in [-0.1, -0.05) is 135 Å². The summed E-state index contributed by atoms with van der Waals surface area (Å²) in [6.45, 7) is 37.0. The van der Waals surface area contributed by atoms with Crippen LogP contribution in [0, 0.1) is 83.1 Å². The number of benzene rings is 10. The lowest BCUT2D eigenvalue weighted by atomic mass is 9.72. The van der Waals surface area contributed by atoms with E-state index in [9.17, 15) is 0 Å². The van der Waals surface area contributed by atoms with Crippen molar-refractivity contribution < 1.29 is 0 Å². The maximum Gasteiger partial charge on any atom is 0.0541 e. The molecule has 2 aliphatic carbocycles. The number of fused-ring (bicyclic) bond motifs is 10. The van der Waals surface area contributed by atoms with E-state index < -0.39 is 0 Å². The van der Waals surface area contributed by atoms with E-state index in [2.05, 4.69) is 278 Å². The summed E-state index contributed by atoms with van der Waals surface area (Å²) in [6, 6.07) is 62.7. The lowest BCUT2D eigenvalue weighted by Crippen LogP contribution is -2.26. The van der Waals surface area contributed by atoms with Crippen LogP contribution in [0.3, 0.4) is 0 Å². The van der Waals surface area contributed by atoms with Crippen LogP contribution in [0.1, 0.15) is 130 Å². The van der Waals surface area contributed by atoms with Gasteiger partial charge in [-0.05, 0) is 291 Å². The maximum absolute atomic E-state index is 2.58. The Morgan fingerprint density at radius 3 is 0.747 bits per heavy atom. The molecular formula is C81H78N2. The Hall–Kier alpha value is -8.20. The van der Waals surface area contributed by atoms with E-state index in [1.807, 2.05) is 0 Å².